The first-order valence-corrected chi connectivity index (χ1v) is 6.64. The van der Waals surface area contributed by atoms with Gasteiger partial charge in [0.25, 0.3) is 5.91 Å². The molecule has 3 N–H and O–H groups in total. The van der Waals surface area contributed by atoms with Crippen LogP contribution in [0.2, 0.25) is 0 Å². The van der Waals surface area contributed by atoms with Crippen molar-refractivity contribution >= 4 is 17.3 Å². The molecule has 0 aromatic heterocycles. The van der Waals surface area contributed by atoms with Crippen molar-refractivity contribution in [1.29, 1.82) is 0 Å². The average molecular weight is 268 g/mol. The number of nitrogen functional groups attached to an aromatic ring is 1. The lowest BCUT2D eigenvalue weighted by molar-refractivity contribution is 0.102. The molecule has 2 rings (SSSR count). The summed E-state index contributed by atoms with van der Waals surface area (Å²) < 4.78 is 0. The molecule has 0 spiro atoms. The van der Waals surface area contributed by atoms with E-state index in [1.54, 1.807) is 0 Å². The van der Waals surface area contributed by atoms with Gasteiger partial charge in [0.15, 0.2) is 0 Å². The van der Waals surface area contributed by atoms with E-state index in [4.69, 9.17) is 5.73 Å². The van der Waals surface area contributed by atoms with Gasteiger partial charge in [0.05, 0.1) is 0 Å². The summed E-state index contributed by atoms with van der Waals surface area (Å²) in [6, 6.07) is 9.50. The third-order valence-electron chi connectivity index (χ3n) is 3.63. The molecule has 2 aromatic carbocycles. The minimum Gasteiger partial charge on any atom is -0.399 e. The van der Waals surface area contributed by atoms with Gasteiger partial charge >= 0.3 is 0 Å². The summed E-state index contributed by atoms with van der Waals surface area (Å²) in [7, 11) is 0. The highest BCUT2D eigenvalue weighted by molar-refractivity contribution is 6.05. The number of hydrogen-bond donors (Lipinski definition) is 2. The summed E-state index contributed by atoms with van der Waals surface area (Å²) in [5.41, 5.74) is 12.3. The lowest BCUT2D eigenvalue weighted by atomic mass is 10.0. The Hall–Kier alpha value is -2.29. The molecular formula is C17H20N2O. The van der Waals surface area contributed by atoms with Crippen LogP contribution in [0.25, 0.3) is 0 Å². The molecule has 1 amide bonds. The number of aryl methyl sites for hydroxylation is 4. The number of rotatable bonds is 2. The van der Waals surface area contributed by atoms with Gasteiger partial charge in [-0.15, -0.1) is 0 Å². The highest BCUT2D eigenvalue weighted by Crippen LogP contribution is 2.23. The number of carbonyl (C=O) groups is 1. The molecule has 2 aromatic rings. The van der Waals surface area contributed by atoms with Crippen LogP contribution in [-0.2, 0) is 0 Å². The first kappa shape index (κ1) is 14.1. The molecule has 3 heteroatoms. The fraction of sp³-hybridized carbons (Fsp3) is 0.235. The van der Waals surface area contributed by atoms with Crippen molar-refractivity contribution in [3.05, 3.63) is 58.1 Å². The summed E-state index contributed by atoms with van der Waals surface area (Å²) >= 11 is 0. The second-order valence-electron chi connectivity index (χ2n) is 5.28. The van der Waals surface area contributed by atoms with Crippen LogP contribution in [0.5, 0.6) is 0 Å². The maximum Gasteiger partial charge on any atom is 0.255 e. The second-order valence-corrected chi connectivity index (χ2v) is 5.28. The molecule has 0 aliphatic rings. The Morgan fingerprint density at radius 1 is 0.900 bits per heavy atom. The van der Waals surface area contributed by atoms with Gasteiger partial charge in [0.2, 0.25) is 0 Å². The van der Waals surface area contributed by atoms with E-state index < -0.39 is 0 Å². The summed E-state index contributed by atoms with van der Waals surface area (Å²) in [6.07, 6.45) is 0. The van der Waals surface area contributed by atoms with Gasteiger partial charge in [-0.3, -0.25) is 4.79 Å². The maximum atomic E-state index is 12.3. The number of nitrogens with two attached hydrogens (primary N) is 1. The van der Waals surface area contributed by atoms with Crippen molar-refractivity contribution in [2.24, 2.45) is 0 Å². The topological polar surface area (TPSA) is 55.1 Å². The summed E-state index contributed by atoms with van der Waals surface area (Å²) in [6.45, 7) is 7.90. The van der Waals surface area contributed by atoms with E-state index in [9.17, 15) is 4.79 Å². The van der Waals surface area contributed by atoms with Crippen LogP contribution in [0.1, 0.15) is 32.6 Å². The van der Waals surface area contributed by atoms with Crippen LogP contribution in [-0.4, -0.2) is 5.91 Å². The molecule has 3 nitrogen and oxygen atoms in total. The van der Waals surface area contributed by atoms with Crippen LogP contribution in [0.4, 0.5) is 11.4 Å². The second kappa shape index (κ2) is 5.37. The van der Waals surface area contributed by atoms with Crippen molar-refractivity contribution in [2.75, 3.05) is 11.1 Å². The highest BCUT2D eigenvalue weighted by Gasteiger charge is 2.09. The van der Waals surface area contributed by atoms with Crippen molar-refractivity contribution in [3.63, 3.8) is 0 Å². The van der Waals surface area contributed by atoms with Crippen LogP contribution in [0.15, 0.2) is 30.3 Å². The van der Waals surface area contributed by atoms with Gasteiger partial charge in [0, 0.05) is 16.9 Å². The zero-order valence-electron chi connectivity index (χ0n) is 12.4. The van der Waals surface area contributed by atoms with E-state index in [1.165, 1.54) is 5.56 Å². The lowest BCUT2D eigenvalue weighted by Crippen LogP contribution is -2.13. The quantitative estimate of drug-likeness (QED) is 0.815. The molecule has 0 bridgehead atoms. The first-order chi connectivity index (χ1) is 9.38. The summed E-state index contributed by atoms with van der Waals surface area (Å²) in [4.78, 5) is 12.3. The highest BCUT2D eigenvalue weighted by atomic mass is 16.1. The molecule has 104 valence electrons. The van der Waals surface area contributed by atoms with Gasteiger partial charge < -0.3 is 11.1 Å². The number of hydrogen-bond acceptors (Lipinski definition) is 2. The van der Waals surface area contributed by atoms with Gasteiger partial charge in [0.1, 0.15) is 0 Å². The van der Waals surface area contributed by atoms with Crippen molar-refractivity contribution in [3.8, 4) is 0 Å². The predicted molar refractivity (Wildman–Crippen MR) is 84.2 cm³/mol. The fourth-order valence-electron chi connectivity index (χ4n) is 2.05. The molecule has 0 saturated heterocycles. The van der Waals surface area contributed by atoms with E-state index in [0.29, 0.717) is 5.56 Å². The largest absolute Gasteiger partial charge is 0.399 e. The Morgan fingerprint density at radius 3 is 2.25 bits per heavy atom. The van der Waals surface area contributed by atoms with Gasteiger partial charge in [-0.25, -0.2) is 0 Å². The molecule has 0 unspecified atom stereocenters. The standard InChI is InChI=1S/C17H20N2O/c1-10-5-6-14(7-11(10)2)17(20)19-16-9-12(3)15(18)8-13(16)4/h5-9H,18H2,1-4H3,(H,19,20). The summed E-state index contributed by atoms with van der Waals surface area (Å²) in [5.74, 6) is -0.0969. The molecule has 20 heavy (non-hydrogen) atoms. The number of nitrogens with one attached hydrogen (secondary N) is 1. The molecule has 0 radical (unpaired) electrons. The van der Waals surface area contributed by atoms with Gasteiger partial charge in [-0.1, -0.05) is 6.07 Å². The van der Waals surface area contributed by atoms with Crippen molar-refractivity contribution < 1.29 is 4.79 Å². The van der Waals surface area contributed by atoms with Crippen LogP contribution >= 0.6 is 0 Å². The third kappa shape index (κ3) is 2.82. The molecular weight excluding hydrogens is 248 g/mol. The molecule has 0 aliphatic carbocycles. The molecule has 0 fully saturated rings. The molecule has 0 saturated carbocycles. The fourth-order valence-corrected chi connectivity index (χ4v) is 2.05. The number of carbonyl (C=O) groups excluding carboxylic acids is 1. The number of amides is 1. The van der Waals surface area contributed by atoms with E-state index >= 15 is 0 Å². The van der Waals surface area contributed by atoms with E-state index in [0.717, 1.165) is 28.1 Å². The number of anilines is 2. The van der Waals surface area contributed by atoms with E-state index in [1.807, 2.05) is 58.0 Å². The Kier molecular flexibility index (Phi) is 3.79. The maximum absolute atomic E-state index is 12.3. The zero-order chi connectivity index (χ0) is 14.9. The Labute approximate surface area is 119 Å². The minimum absolute atomic E-state index is 0.0969. The summed E-state index contributed by atoms with van der Waals surface area (Å²) in [5, 5.41) is 2.95. The van der Waals surface area contributed by atoms with Gasteiger partial charge in [-0.2, -0.15) is 0 Å². The average Bonchev–Trinajstić information content (AvgIpc) is 2.39. The zero-order valence-corrected chi connectivity index (χ0v) is 12.4. The van der Waals surface area contributed by atoms with Crippen molar-refractivity contribution in [1.82, 2.24) is 0 Å². The van der Waals surface area contributed by atoms with E-state index in [-0.39, 0.29) is 5.91 Å². The molecule has 0 aliphatic heterocycles. The smallest absolute Gasteiger partial charge is 0.255 e. The van der Waals surface area contributed by atoms with Crippen LogP contribution in [0.3, 0.4) is 0 Å². The molecule has 0 atom stereocenters. The lowest BCUT2D eigenvalue weighted by Gasteiger charge is -2.12. The SMILES string of the molecule is Cc1ccc(C(=O)Nc2cc(C)c(N)cc2C)cc1C. The third-order valence-corrected chi connectivity index (χ3v) is 3.63. The van der Waals surface area contributed by atoms with Gasteiger partial charge in [-0.05, 0) is 74.2 Å². The van der Waals surface area contributed by atoms with E-state index in [2.05, 4.69) is 5.32 Å². The Bertz CT molecular complexity index is 675. The first-order valence-electron chi connectivity index (χ1n) is 6.64. The predicted octanol–water partition coefficient (Wildman–Crippen LogP) is 3.75. The Morgan fingerprint density at radius 2 is 1.60 bits per heavy atom. The minimum atomic E-state index is -0.0969. The molecule has 0 heterocycles. The van der Waals surface area contributed by atoms with Crippen LogP contribution < -0.4 is 11.1 Å². The van der Waals surface area contributed by atoms with Crippen molar-refractivity contribution in [2.45, 2.75) is 27.7 Å². The number of benzene rings is 2. The monoisotopic (exact) mass is 268 g/mol. The Balaban J connectivity index is 2.27. The van der Waals surface area contributed by atoms with Crippen LogP contribution in [0, 0.1) is 27.7 Å². The normalized spacial score (nSPS) is 10.4.